The number of unbranched alkanes of at least 4 members (excludes halogenated alkanes) is 44. The van der Waals surface area contributed by atoms with Crippen LogP contribution in [0.15, 0.2) is 0 Å². The van der Waals surface area contributed by atoms with Crippen LogP contribution in [0.5, 0.6) is 0 Å². The predicted octanol–water partition coefficient (Wildman–Crippen LogP) is 17.9. The zero-order valence-electron chi connectivity index (χ0n) is 43.5. The van der Waals surface area contributed by atoms with Crippen molar-refractivity contribution in [1.82, 2.24) is 5.32 Å². The van der Waals surface area contributed by atoms with Gasteiger partial charge in [-0.3, -0.25) is 9.59 Å². The van der Waals surface area contributed by atoms with Crippen molar-refractivity contribution in [3.63, 3.8) is 0 Å². The van der Waals surface area contributed by atoms with Crippen LogP contribution in [0.1, 0.15) is 335 Å². The first-order chi connectivity index (χ1) is 31.5. The highest BCUT2D eigenvalue weighted by molar-refractivity contribution is 5.76. The predicted molar refractivity (Wildman–Crippen MR) is 278 cm³/mol. The van der Waals surface area contributed by atoms with Crippen molar-refractivity contribution in [1.29, 1.82) is 0 Å². The fourth-order valence-electron chi connectivity index (χ4n) is 9.41. The Morgan fingerprint density at radius 3 is 0.953 bits per heavy atom. The van der Waals surface area contributed by atoms with Gasteiger partial charge >= 0.3 is 5.97 Å². The zero-order chi connectivity index (χ0) is 46.5. The Hall–Kier alpha value is -1.14. The van der Waals surface area contributed by atoms with Crippen molar-refractivity contribution in [2.24, 2.45) is 0 Å². The molecule has 0 aromatic carbocycles. The largest absolute Gasteiger partial charge is 0.466 e. The number of carbonyl (C=O) groups is 2. The zero-order valence-corrected chi connectivity index (χ0v) is 43.5. The standard InChI is InChI=1S/C58H115NO5/c1-3-5-7-9-11-13-15-17-19-21-22-24-26-28-32-36-40-44-48-52-58(63)64-53-49-45-41-37-33-29-31-35-39-43-47-51-57(62)59-55(54-60)56(61)50-46-42-38-34-30-27-25-23-20-18-16-14-12-10-8-6-4-2/h55-56,60-61H,3-54H2,1-2H3,(H,59,62). The third kappa shape index (κ3) is 50.3. The van der Waals surface area contributed by atoms with Crippen molar-refractivity contribution in [2.45, 2.75) is 347 Å². The molecule has 0 radical (unpaired) electrons. The maximum Gasteiger partial charge on any atom is 0.305 e. The van der Waals surface area contributed by atoms with E-state index in [9.17, 15) is 19.8 Å². The van der Waals surface area contributed by atoms with Gasteiger partial charge in [-0.05, 0) is 25.7 Å². The molecule has 382 valence electrons. The Bertz CT molecular complexity index is 913. The number of aliphatic hydroxyl groups excluding tert-OH is 2. The average molecular weight is 907 g/mol. The van der Waals surface area contributed by atoms with Crippen LogP contribution < -0.4 is 5.32 Å². The summed E-state index contributed by atoms with van der Waals surface area (Å²) < 4.78 is 5.48. The molecule has 1 amide bonds. The van der Waals surface area contributed by atoms with Crippen molar-refractivity contribution in [2.75, 3.05) is 13.2 Å². The summed E-state index contributed by atoms with van der Waals surface area (Å²) in [5, 5.41) is 23.3. The van der Waals surface area contributed by atoms with Crippen LogP contribution in [0.25, 0.3) is 0 Å². The van der Waals surface area contributed by atoms with Gasteiger partial charge < -0.3 is 20.3 Å². The Morgan fingerprint density at radius 1 is 0.375 bits per heavy atom. The van der Waals surface area contributed by atoms with E-state index < -0.39 is 12.1 Å². The highest BCUT2D eigenvalue weighted by Gasteiger charge is 2.20. The summed E-state index contributed by atoms with van der Waals surface area (Å²) in [5.74, 6) is -0.0574. The third-order valence-corrected chi connectivity index (χ3v) is 13.9. The van der Waals surface area contributed by atoms with Gasteiger partial charge in [0.2, 0.25) is 5.91 Å². The van der Waals surface area contributed by atoms with E-state index in [4.69, 9.17) is 4.74 Å². The lowest BCUT2D eigenvalue weighted by Crippen LogP contribution is -2.45. The summed E-state index contributed by atoms with van der Waals surface area (Å²) in [6, 6.07) is -0.554. The van der Waals surface area contributed by atoms with Crippen LogP contribution in [-0.4, -0.2) is 47.4 Å². The van der Waals surface area contributed by atoms with E-state index in [2.05, 4.69) is 19.2 Å². The number of amides is 1. The molecule has 0 saturated carbocycles. The molecule has 0 aromatic rings. The molecular weight excluding hydrogens is 791 g/mol. The summed E-state index contributed by atoms with van der Waals surface area (Å²) in [7, 11) is 0. The second kappa shape index (κ2) is 54.5. The summed E-state index contributed by atoms with van der Waals surface area (Å²) in [4.78, 5) is 24.6. The highest BCUT2D eigenvalue weighted by atomic mass is 16.5. The molecule has 0 aromatic heterocycles. The van der Waals surface area contributed by atoms with Gasteiger partial charge in [-0.2, -0.15) is 0 Å². The minimum Gasteiger partial charge on any atom is -0.466 e. The quantitative estimate of drug-likeness (QED) is 0.0417. The van der Waals surface area contributed by atoms with Gasteiger partial charge in [-0.25, -0.2) is 0 Å². The normalized spacial score (nSPS) is 12.5. The first-order valence-electron chi connectivity index (χ1n) is 29.3. The number of hydrogen-bond acceptors (Lipinski definition) is 5. The van der Waals surface area contributed by atoms with Crippen molar-refractivity contribution < 1.29 is 24.5 Å². The monoisotopic (exact) mass is 906 g/mol. The second-order valence-electron chi connectivity index (χ2n) is 20.3. The Balaban J connectivity index is 3.42. The number of ether oxygens (including phenoxy) is 1. The maximum absolute atomic E-state index is 12.5. The maximum atomic E-state index is 12.5. The number of rotatable bonds is 55. The molecule has 64 heavy (non-hydrogen) atoms. The van der Waals surface area contributed by atoms with E-state index in [1.165, 1.54) is 244 Å². The lowest BCUT2D eigenvalue weighted by Gasteiger charge is -2.22. The minimum absolute atomic E-state index is 0.00760. The number of nitrogens with one attached hydrogen (secondary N) is 1. The SMILES string of the molecule is CCCCCCCCCCCCCCCCCCCCCC(=O)OCCCCCCCCCCCCCC(=O)NC(CO)C(O)CCCCCCCCCCCCCCCCCCC. The van der Waals surface area contributed by atoms with E-state index in [1.807, 2.05) is 0 Å². The molecule has 0 aliphatic heterocycles. The smallest absolute Gasteiger partial charge is 0.305 e. The Kier molecular flexibility index (Phi) is 53.5. The highest BCUT2D eigenvalue weighted by Crippen LogP contribution is 2.18. The first-order valence-corrected chi connectivity index (χ1v) is 29.3. The van der Waals surface area contributed by atoms with Crippen molar-refractivity contribution >= 4 is 11.9 Å². The molecule has 0 bridgehead atoms. The molecule has 0 aliphatic carbocycles. The molecular formula is C58H115NO5. The molecule has 6 nitrogen and oxygen atoms in total. The number of carbonyl (C=O) groups excluding carboxylic acids is 2. The molecule has 2 unspecified atom stereocenters. The number of hydrogen-bond donors (Lipinski definition) is 3. The average Bonchev–Trinajstić information content (AvgIpc) is 3.29. The number of aliphatic hydroxyl groups is 2. The van der Waals surface area contributed by atoms with Crippen LogP contribution in [0.3, 0.4) is 0 Å². The lowest BCUT2D eigenvalue weighted by molar-refractivity contribution is -0.143. The lowest BCUT2D eigenvalue weighted by atomic mass is 10.0. The van der Waals surface area contributed by atoms with Crippen LogP contribution in [0.2, 0.25) is 0 Å². The van der Waals surface area contributed by atoms with Gasteiger partial charge in [-0.1, -0.05) is 296 Å². The van der Waals surface area contributed by atoms with Crippen LogP contribution in [-0.2, 0) is 14.3 Å². The molecule has 2 atom stereocenters. The second-order valence-corrected chi connectivity index (χ2v) is 20.3. The van der Waals surface area contributed by atoms with E-state index in [0.29, 0.717) is 25.9 Å². The van der Waals surface area contributed by atoms with Gasteiger partial charge in [-0.15, -0.1) is 0 Å². The molecule has 3 N–H and O–H groups in total. The van der Waals surface area contributed by atoms with Gasteiger partial charge in [0, 0.05) is 12.8 Å². The summed E-state index contributed by atoms with van der Waals surface area (Å²) >= 11 is 0. The fraction of sp³-hybridized carbons (Fsp3) is 0.966. The third-order valence-electron chi connectivity index (χ3n) is 13.9. The van der Waals surface area contributed by atoms with E-state index in [0.717, 1.165) is 57.8 Å². The molecule has 0 spiro atoms. The van der Waals surface area contributed by atoms with Gasteiger partial charge in [0.05, 0.1) is 25.4 Å². The van der Waals surface area contributed by atoms with Crippen molar-refractivity contribution in [3.05, 3.63) is 0 Å². The Morgan fingerprint density at radius 2 is 0.641 bits per heavy atom. The van der Waals surface area contributed by atoms with Gasteiger partial charge in [0.1, 0.15) is 0 Å². The van der Waals surface area contributed by atoms with Crippen molar-refractivity contribution in [3.8, 4) is 0 Å². The number of esters is 1. The van der Waals surface area contributed by atoms with Gasteiger partial charge in [0.25, 0.3) is 0 Å². The minimum atomic E-state index is -0.675. The first kappa shape index (κ1) is 62.9. The summed E-state index contributed by atoms with van der Waals surface area (Å²) in [6.07, 6.45) is 62.3. The molecule has 0 saturated heterocycles. The molecule has 0 aliphatic rings. The molecule has 0 fully saturated rings. The fourth-order valence-corrected chi connectivity index (χ4v) is 9.41. The Labute approximate surface area is 400 Å². The van der Waals surface area contributed by atoms with Gasteiger partial charge in [0.15, 0.2) is 0 Å². The topological polar surface area (TPSA) is 95.9 Å². The van der Waals surface area contributed by atoms with E-state index in [1.54, 1.807) is 0 Å². The van der Waals surface area contributed by atoms with Crippen LogP contribution >= 0.6 is 0 Å². The van der Waals surface area contributed by atoms with E-state index >= 15 is 0 Å². The summed E-state index contributed by atoms with van der Waals surface area (Å²) in [5.41, 5.74) is 0. The van der Waals surface area contributed by atoms with E-state index in [-0.39, 0.29) is 18.5 Å². The molecule has 0 heterocycles. The van der Waals surface area contributed by atoms with Crippen LogP contribution in [0.4, 0.5) is 0 Å². The van der Waals surface area contributed by atoms with Crippen LogP contribution in [0, 0.1) is 0 Å². The summed E-state index contributed by atoms with van der Waals surface area (Å²) in [6.45, 7) is 4.95. The molecule has 0 rings (SSSR count). The molecule has 6 heteroatoms.